The highest BCUT2D eigenvalue weighted by Gasteiger charge is 2.42. The first-order valence-electron chi connectivity index (χ1n) is 9.00. The van der Waals surface area contributed by atoms with Crippen molar-refractivity contribution in [2.45, 2.75) is 69.6 Å². The maximum atomic E-state index is 6.22. The van der Waals surface area contributed by atoms with Crippen LogP contribution >= 0.6 is 11.8 Å². The van der Waals surface area contributed by atoms with Crippen molar-refractivity contribution < 1.29 is 4.74 Å². The van der Waals surface area contributed by atoms with Crippen LogP contribution in [0, 0.1) is 0 Å². The van der Waals surface area contributed by atoms with Gasteiger partial charge in [0, 0.05) is 31.0 Å². The number of nitrogens with one attached hydrogen (secondary N) is 1. The van der Waals surface area contributed by atoms with Crippen LogP contribution in [-0.4, -0.2) is 60.3 Å². The van der Waals surface area contributed by atoms with Gasteiger partial charge < -0.3 is 10.1 Å². The minimum Gasteiger partial charge on any atom is -0.374 e. The first-order chi connectivity index (χ1) is 10.3. The fourth-order valence-corrected chi connectivity index (χ4v) is 5.53. The van der Waals surface area contributed by atoms with Crippen molar-refractivity contribution in [1.82, 2.24) is 10.2 Å². The molecular weight excluding hydrogens is 280 g/mol. The lowest BCUT2D eigenvalue weighted by atomic mass is 9.88. The second-order valence-corrected chi connectivity index (χ2v) is 8.23. The molecule has 0 aliphatic carbocycles. The number of ether oxygens (including phenoxy) is 1. The number of unbranched alkanes of at least 4 members (excludes halogenated alkanes) is 1. The Morgan fingerprint density at radius 3 is 3.05 bits per heavy atom. The molecule has 0 aromatic rings. The molecule has 4 heteroatoms. The van der Waals surface area contributed by atoms with Gasteiger partial charge >= 0.3 is 0 Å². The Morgan fingerprint density at radius 2 is 2.33 bits per heavy atom. The Morgan fingerprint density at radius 1 is 1.38 bits per heavy atom. The van der Waals surface area contributed by atoms with E-state index in [4.69, 9.17) is 4.74 Å². The van der Waals surface area contributed by atoms with Crippen LogP contribution in [0.4, 0.5) is 0 Å². The van der Waals surface area contributed by atoms with Gasteiger partial charge in [-0.2, -0.15) is 11.8 Å². The van der Waals surface area contributed by atoms with E-state index in [-0.39, 0.29) is 5.60 Å². The third kappa shape index (κ3) is 4.15. The molecule has 3 aliphatic rings. The lowest BCUT2D eigenvalue weighted by Gasteiger charge is -2.43. The van der Waals surface area contributed by atoms with Crippen LogP contribution < -0.4 is 5.32 Å². The van der Waals surface area contributed by atoms with E-state index >= 15 is 0 Å². The molecule has 3 heterocycles. The van der Waals surface area contributed by atoms with E-state index in [2.05, 4.69) is 28.9 Å². The van der Waals surface area contributed by atoms with Gasteiger partial charge in [0.05, 0.1) is 5.60 Å². The van der Waals surface area contributed by atoms with E-state index in [1.807, 2.05) is 0 Å². The average Bonchev–Trinajstić information content (AvgIpc) is 3.16. The standard InChI is InChI=1S/C17H32N2OS/c1-2-3-9-19(13-15-5-4-8-18-15)16-6-10-20-17(12-16)7-11-21-14-17/h15-16,18H,2-14H2,1H3. The number of thioether (sulfide) groups is 1. The summed E-state index contributed by atoms with van der Waals surface area (Å²) in [5, 5.41) is 3.69. The lowest BCUT2D eigenvalue weighted by molar-refractivity contribution is -0.0904. The van der Waals surface area contributed by atoms with Gasteiger partial charge in [-0.3, -0.25) is 4.90 Å². The molecule has 0 saturated carbocycles. The van der Waals surface area contributed by atoms with Gasteiger partial charge in [-0.15, -0.1) is 0 Å². The zero-order chi connectivity index (χ0) is 14.5. The SMILES string of the molecule is CCCCN(CC1CCCN1)C1CCOC2(CCSC2)C1. The smallest absolute Gasteiger partial charge is 0.0795 e. The van der Waals surface area contributed by atoms with Crippen molar-refractivity contribution in [2.75, 3.05) is 37.7 Å². The van der Waals surface area contributed by atoms with E-state index in [1.165, 1.54) is 76.1 Å². The van der Waals surface area contributed by atoms with Gasteiger partial charge in [-0.1, -0.05) is 13.3 Å². The molecule has 3 fully saturated rings. The summed E-state index contributed by atoms with van der Waals surface area (Å²) in [5.74, 6) is 2.53. The summed E-state index contributed by atoms with van der Waals surface area (Å²) in [7, 11) is 0. The molecule has 0 radical (unpaired) electrons. The van der Waals surface area contributed by atoms with Crippen LogP contribution in [0.25, 0.3) is 0 Å². The summed E-state index contributed by atoms with van der Waals surface area (Å²) < 4.78 is 6.22. The number of rotatable bonds is 6. The van der Waals surface area contributed by atoms with Crippen LogP contribution in [0.2, 0.25) is 0 Å². The summed E-state index contributed by atoms with van der Waals surface area (Å²) in [6.07, 6.45) is 9.16. The van der Waals surface area contributed by atoms with Crippen molar-refractivity contribution in [3.8, 4) is 0 Å². The molecule has 0 aromatic heterocycles. The van der Waals surface area contributed by atoms with E-state index in [1.54, 1.807) is 0 Å². The van der Waals surface area contributed by atoms with Gasteiger partial charge in [0.25, 0.3) is 0 Å². The average molecular weight is 313 g/mol. The Balaban J connectivity index is 1.60. The number of hydrogen-bond donors (Lipinski definition) is 1. The summed E-state index contributed by atoms with van der Waals surface area (Å²) >= 11 is 2.09. The normalized spacial score (nSPS) is 36.9. The van der Waals surface area contributed by atoms with Gasteiger partial charge in [-0.25, -0.2) is 0 Å². The molecule has 1 spiro atoms. The number of hydrogen-bond acceptors (Lipinski definition) is 4. The second kappa shape index (κ2) is 7.67. The summed E-state index contributed by atoms with van der Waals surface area (Å²) in [6.45, 7) is 7.05. The van der Waals surface area contributed by atoms with E-state index in [0.717, 1.165) is 18.7 Å². The van der Waals surface area contributed by atoms with Crippen molar-refractivity contribution in [2.24, 2.45) is 0 Å². The molecule has 3 unspecified atom stereocenters. The molecular formula is C17H32N2OS. The van der Waals surface area contributed by atoms with Crippen molar-refractivity contribution >= 4 is 11.8 Å². The molecule has 0 amide bonds. The minimum atomic E-state index is 0.223. The highest BCUT2D eigenvalue weighted by Crippen LogP contribution is 2.39. The molecule has 3 aliphatic heterocycles. The molecule has 0 bridgehead atoms. The zero-order valence-corrected chi connectivity index (χ0v) is 14.4. The van der Waals surface area contributed by atoms with E-state index in [0.29, 0.717) is 0 Å². The largest absolute Gasteiger partial charge is 0.374 e. The maximum Gasteiger partial charge on any atom is 0.0795 e. The van der Waals surface area contributed by atoms with Gasteiger partial charge in [0.2, 0.25) is 0 Å². The third-order valence-electron chi connectivity index (χ3n) is 5.47. The Labute approximate surface area is 134 Å². The molecule has 3 saturated heterocycles. The van der Waals surface area contributed by atoms with Crippen LogP contribution in [0.5, 0.6) is 0 Å². The Hall–Kier alpha value is 0.230. The summed E-state index contributed by atoms with van der Waals surface area (Å²) in [6, 6.07) is 1.49. The fourth-order valence-electron chi connectivity index (χ4n) is 4.16. The number of nitrogens with zero attached hydrogens (tertiary/aromatic N) is 1. The molecule has 122 valence electrons. The van der Waals surface area contributed by atoms with Gasteiger partial charge in [0.15, 0.2) is 0 Å². The van der Waals surface area contributed by atoms with Crippen LogP contribution in [0.3, 0.4) is 0 Å². The predicted molar refractivity (Wildman–Crippen MR) is 91.2 cm³/mol. The fraction of sp³-hybridized carbons (Fsp3) is 1.00. The highest BCUT2D eigenvalue weighted by atomic mass is 32.2. The van der Waals surface area contributed by atoms with Crippen LogP contribution in [0.1, 0.15) is 51.9 Å². The first kappa shape index (κ1) is 16.1. The van der Waals surface area contributed by atoms with E-state index < -0.39 is 0 Å². The molecule has 3 atom stereocenters. The van der Waals surface area contributed by atoms with Crippen molar-refractivity contribution in [3.63, 3.8) is 0 Å². The Kier molecular flexibility index (Phi) is 5.88. The quantitative estimate of drug-likeness (QED) is 0.815. The maximum absolute atomic E-state index is 6.22. The topological polar surface area (TPSA) is 24.5 Å². The van der Waals surface area contributed by atoms with Crippen molar-refractivity contribution in [1.29, 1.82) is 0 Å². The predicted octanol–water partition coefficient (Wildman–Crippen LogP) is 2.90. The highest BCUT2D eigenvalue weighted by molar-refractivity contribution is 7.99. The molecule has 21 heavy (non-hydrogen) atoms. The second-order valence-electron chi connectivity index (χ2n) is 7.12. The van der Waals surface area contributed by atoms with Gasteiger partial charge in [0.1, 0.15) is 0 Å². The Bertz CT molecular complexity index is 314. The van der Waals surface area contributed by atoms with Gasteiger partial charge in [-0.05, 0) is 57.4 Å². The zero-order valence-electron chi connectivity index (χ0n) is 13.6. The first-order valence-corrected chi connectivity index (χ1v) is 10.2. The molecule has 1 N–H and O–H groups in total. The third-order valence-corrected chi connectivity index (χ3v) is 6.69. The van der Waals surface area contributed by atoms with E-state index in [9.17, 15) is 0 Å². The molecule has 3 rings (SSSR count). The summed E-state index contributed by atoms with van der Waals surface area (Å²) in [5.41, 5.74) is 0.223. The monoisotopic (exact) mass is 312 g/mol. The lowest BCUT2D eigenvalue weighted by Crippen LogP contribution is -2.51. The molecule has 0 aromatic carbocycles. The summed E-state index contributed by atoms with van der Waals surface area (Å²) in [4.78, 5) is 2.81. The molecule has 3 nitrogen and oxygen atoms in total. The van der Waals surface area contributed by atoms with Crippen molar-refractivity contribution in [3.05, 3.63) is 0 Å². The minimum absolute atomic E-state index is 0.223. The van der Waals surface area contributed by atoms with Crippen LogP contribution in [-0.2, 0) is 4.74 Å². The van der Waals surface area contributed by atoms with Crippen LogP contribution in [0.15, 0.2) is 0 Å².